The Morgan fingerprint density at radius 3 is 2.69 bits per heavy atom. The molecule has 0 aliphatic carbocycles. The van der Waals surface area contributed by atoms with Crippen molar-refractivity contribution in [3.63, 3.8) is 0 Å². The van der Waals surface area contributed by atoms with Crippen molar-refractivity contribution < 1.29 is 18.4 Å². The fourth-order valence-corrected chi connectivity index (χ4v) is 4.11. The number of nitrogens with zero attached hydrogens (tertiary/aromatic N) is 2. The molecule has 1 atom stereocenters. The molecule has 1 aromatic heterocycles. The molecule has 1 spiro atoms. The summed E-state index contributed by atoms with van der Waals surface area (Å²) in [6.07, 6.45) is 5.34. The Bertz CT molecular complexity index is 803. The summed E-state index contributed by atoms with van der Waals surface area (Å²) in [5.74, 6) is -0.256. The predicted molar refractivity (Wildman–Crippen MR) is 92.7 cm³/mol. The van der Waals surface area contributed by atoms with Crippen LogP contribution in [0.1, 0.15) is 35.2 Å². The van der Waals surface area contributed by atoms with E-state index in [0.29, 0.717) is 38.2 Å². The van der Waals surface area contributed by atoms with Gasteiger partial charge in [0.2, 0.25) is 5.91 Å². The van der Waals surface area contributed by atoms with Crippen LogP contribution in [0.2, 0.25) is 0 Å². The molecule has 6 heteroatoms. The minimum absolute atomic E-state index is 0.0842. The predicted octanol–water partition coefficient (Wildman–Crippen LogP) is 3.07. The molecular formula is C20H21FN2O3. The Kier molecular flexibility index (Phi) is 4.26. The van der Waals surface area contributed by atoms with Crippen LogP contribution in [0.3, 0.4) is 0 Å². The van der Waals surface area contributed by atoms with Crippen LogP contribution in [0, 0.1) is 11.2 Å². The number of piperidine rings is 1. The van der Waals surface area contributed by atoms with Gasteiger partial charge in [-0.25, -0.2) is 4.39 Å². The highest BCUT2D eigenvalue weighted by Gasteiger charge is 2.49. The first-order valence-electron chi connectivity index (χ1n) is 8.93. The summed E-state index contributed by atoms with van der Waals surface area (Å²) in [5.41, 5.74) is 0.951. The normalized spacial score (nSPS) is 23.0. The molecule has 5 nitrogen and oxygen atoms in total. The summed E-state index contributed by atoms with van der Waals surface area (Å²) >= 11 is 0. The topological polar surface area (TPSA) is 53.8 Å². The van der Waals surface area contributed by atoms with Crippen LogP contribution in [0.25, 0.3) is 0 Å². The molecular weight excluding hydrogens is 335 g/mol. The molecule has 1 aromatic carbocycles. The first kappa shape index (κ1) is 16.8. The van der Waals surface area contributed by atoms with E-state index in [4.69, 9.17) is 4.42 Å². The average molecular weight is 356 g/mol. The van der Waals surface area contributed by atoms with Crippen LogP contribution in [-0.4, -0.2) is 41.2 Å². The van der Waals surface area contributed by atoms with E-state index < -0.39 is 5.41 Å². The zero-order valence-electron chi connectivity index (χ0n) is 14.5. The van der Waals surface area contributed by atoms with E-state index in [-0.39, 0.29) is 17.6 Å². The van der Waals surface area contributed by atoms with Crippen molar-refractivity contribution in [1.29, 1.82) is 0 Å². The van der Waals surface area contributed by atoms with Gasteiger partial charge in [-0.05, 0) is 43.0 Å². The lowest BCUT2D eigenvalue weighted by atomic mass is 9.78. The molecule has 0 N–H and O–H groups in total. The van der Waals surface area contributed by atoms with Gasteiger partial charge in [-0.1, -0.05) is 12.1 Å². The third kappa shape index (κ3) is 3.00. The van der Waals surface area contributed by atoms with E-state index in [1.165, 1.54) is 24.7 Å². The van der Waals surface area contributed by atoms with Gasteiger partial charge in [-0.3, -0.25) is 9.59 Å². The van der Waals surface area contributed by atoms with Crippen molar-refractivity contribution in [2.45, 2.75) is 25.8 Å². The number of carbonyl (C=O) groups is 2. The molecule has 2 aliphatic rings. The Labute approximate surface area is 151 Å². The van der Waals surface area contributed by atoms with Crippen LogP contribution in [0.5, 0.6) is 0 Å². The number of furan rings is 1. The van der Waals surface area contributed by atoms with Gasteiger partial charge in [-0.15, -0.1) is 0 Å². The molecule has 2 aromatic rings. The zero-order valence-corrected chi connectivity index (χ0v) is 14.5. The molecule has 0 radical (unpaired) electrons. The van der Waals surface area contributed by atoms with Crippen LogP contribution in [0.4, 0.5) is 4.39 Å². The molecule has 26 heavy (non-hydrogen) atoms. The van der Waals surface area contributed by atoms with E-state index >= 15 is 0 Å². The average Bonchev–Trinajstić information content (AvgIpc) is 3.31. The number of halogens is 1. The number of likely N-dealkylation sites (tertiary alicyclic amines) is 2. The van der Waals surface area contributed by atoms with Crippen molar-refractivity contribution in [3.8, 4) is 0 Å². The van der Waals surface area contributed by atoms with E-state index in [0.717, 1.165) is 18.4 Å². The number of hydrogen-bond acceptors (Lipinski definition) is 3. The molecule has 2 amide bonds. The van der Waals surface area contributed by atoms with Gasteiger partial charge in [0.25, 0.3) is 5.91 Å². The van der Waals surface area contributed by atoms with Crippen molar-refractivity contribution in [2.75, 3.05) is 19.6 Å². The van der Waals surface area contributed by atoms with Crippen LogP contribution >= 0.6 is 0 Å². The quantitative estimate of drug-likeness (QED) is 0.849. The number of benzene rings is 1. The molecule has 3 heterocycles. The van der Waals surface area contributed by atoms with Crippen molar-refractivity contribution in [1.82, 2.24) is 9.80 Å². The van der Waals surface area contributed by atoms with E-state index in [2.05, 4.69) is 0 Å². The number of carbonyl (C=O) groups excluding carboxylic acids is 2. The highest BCUT2D eigenvalue weighted by molar-refractivity contribution is 5.95. The first-order chi connectivity index (χ1) is 12.6. The summed E-state index contributed by atoms with van der Waals surface area (Å²) in [4.78, 5) is 29.3. The highest BCUT2D eigenvalue weighted by atomic mass is 19.1. The maximum absolute atomic E-state index is 13.2. The molecule has 2 fully saturated rings. The van der Waals surface area contributed by atoms with Gasteiger partial charge in [0, 0.05) is 26.2 Å². The molecule has 0 saturated carbocycles. The smallest absolute Gasteiger partial charge is 0.257 e. The summed E-state index contributed by atoms with van der Waals surface area (Å²) in [6, 6.07) is 7.91. The lowest BCUT2D eigenvalue weighted by Gasteiger charge is -2.39. The molecule has 0 bridgehead atoms. The van der Waals surface area contributed by atoms with E-state index in [9.17, 15) is 14.0 Å². The Hall–Kier alpha value is -2.63. The van der Waals surface area contributed by atoms with Crippen LogP contribution < -0.4 is 0 Å². The van der Waals surface area contributed by atoms with Gasteiger partial charge in [-0.2, -0.15) is 0 Å². The standard InChI is InChI=1S/C20H21FN2O3/c21-17-4-2-15(3-5-17)12-22-9-1-7-20(19(22)25)8-10-23(14-20)18(24)16-6-11-26-13-16/h2-6,11,13H,1,7-10,12,14H2. The maximum atomic E-state index is 13.2. The molecule has 1 unspecified atom stereocenters. The maximum Gasteiger partial charge on any atom is 0.257 e. The lowest BCUT2D eigenvalue weighted by Crippen LogP contribution is -2.50. The number of rotatable bonds is 3. The third-order valence-corrected chi connectivity index (χ3v) is 5.52. The van der Waals surface area contributed by atoms with Gasteiger partial charge in [0.15, 0.2) is 0 Å². The second-order valence-electron chi connectivity index (χ2n) is 7.23. The van der Waals surface area contributed by atoms with Crippen molar-refractivity contribution >= 4 is 11.8 Å². The second kappa shape index (κ2) is 6.59. The summed E-state index contributed by atoms with van der Waals surface area (Å²) in [6.45, 7) is 2.22. The Morgan fingerprint density at radius 2 is 1.96 bits per heavy atom. The SMILES string of the molecule is O=C(c1ccoc1)N1CCC2(CCCN(Cc3ccc(F)cc3)C2=O)C1. The number of amides is 2. The zero-order chi connectivity index (χ0) is 18.1. The minimum atomic E-state index is -0.488. The second-order valence-corrected chi connectivity index (χ2v) is 7.23. The summed E-state index contributed by atoms with van der Waals surface area (Å²) in [5, 5.41) is 0. The van der Waals surface area contributed by atoms with Gasteiger partial charge < -0.3 is 14.2 Å². The van der Waals surface area contributed by atoms with Crippen molar-refractivity contribution in [3.05, 3.63) is 59.8 Å². The molecule has 2 aliphatic heterocycles. The lowest BCUT2D eigenvalue weighted by molar-refractivity contribution is -0.146. The molecule has 4 rings (SSSR count). The summed E-state index contributed by atoms with van der Waals surface area (Å²) < 4.78 is 18.1. The molecule has 136 valence electrons. The molecule has 2 saturated heterocycles. The van der Waals surface area contributed by atoms with E-state index in [1.807, 2.05) is 4.90 Å². The van der Waals surface area contributed by atoms with Crippen molar-refractivity contribution in [2.24, 2.45) is 5.41 Å². The van der Waals surface area contributed by atoms with Gasteiger partial charge in [0.05, 0.1) is 17.2 Å². The highest BCUT2D eigenvalue weighted by Crippen LogP contribution is 2.41. The largest absolute Gasteiger partial charge is 0.472 e. The Morgan fingerprint density at radius 1 is 1.15 bits per heavy atom. The number of hydrogen-bond donors (Lipinski definition) is 0. The van der Waals surface area contributed by atoms with Gasteiger partial charge >= 0.3 is 0 Å². The first-order valence-corrected chi connectivity index (χ1v) is 8.93. The fourth-order valence-electron chi connectivity index (χ4n) is 4.11. The monoisotopic (exact) mass is 356 g/mol. The van der Waals surface area contributed by atoms with Crippen LogP contribution in [0.15, 0.2) is 47.3 Å². The minimum Gasteiger partial charge on any atom is -0.472 e. The Balaban J connectivity index is 1.47. The van der Waals surface area contributed by atoms with Gasteiger partial charge in [0.1, 0.15) is 12.1 Å². The fraction of sp³-hybridized carbons (Fsp3) is 0.400. The van der Waals surface area contributed by atoms with E-state index in [1.54, 1.807) is 23.1 Å². The summed E-state index contributed by atoms with van der Waals surface area (Å²) in [7, 11) is 0. The third-order valence-electron chi connectivity index (χ3n) is 5.52. The van der Waals surface area contributed by atoms with Crippen LogP contribution in [-0.2, 0) is 11.3 Å².